The molecule has 0 amide bonds. The van der Waals surface area contributed by atoms with Gasteiger partial charge < -0.3 is 0 Å². The number of rotatable bonds is 3. The lowest BCUT2D eigenvalue weighted by atomic mass is 9.91. The molecule has 0 saturated heterocycles. The molecule has 2 fully saturated rings. The Labute approximate surface area is 113 Å². The Kier molecular flexibility index (Phi) is 3.83. The van der Waals surface area contributed by atoms with E-state index in [1.807, 2.05) is 44.8 Å². The van der Waals surface area contributed by atoms with Crippen molar-refractivity contribution in [1.82, 2.24) is 15.4 Å². The lowest BCUT2D eigenvalue weighted by Crippen LogP contribution is -2.12. The number of hydrogen-bond donors (Lipinski definition) is 0. The minimum Gasteiger partial charge on any atom is -0.134 e. The van der Waals surface area contributed by atoms with E-state index in [0.717, 1.165) is 28.1 Å². The fraction of sp³-hybridized carbons (Fsp3) is 0.0714. The van der Waals surface area contributed by atoms with Crippen LogP contribution in [0.1, 0.15) is 11.3 Å². The third-order valence-corrected chi connectivity index (χ3v) is 3.48. The van der Waals surface area contributed by atoms with Crippen molar-refractivity contribution in [2.75, 3.05) is 6.26 Å². The maximum Gasteiger partial charge on any atom is 0.126 e. The fourth-order valence-electron chi connectivity index (χ4n) is 1.99. The Morgan fingerprint density at radius 3 is 2.06 bits per heavy atom. The molecular weight excluding hydrogens is 242 g/mol. The molecule has 0 aromatic carbocycles. The maximum absolute atomic E-state index is 4.21. The first-order valence-corrected chi connectivity index (χ1v) is 6.84. The van der Waals surface area contributed by atoms with Crippen molar-refractivity contribution >= 4 is 11.8 Å². The molecule has 2 aliphatic rings. The van der Waals surface area contributed by atoms with Crippen LogP contribution in [0.3, 0.4) is 0 Å². The summed E-state index contributed by atoms with van der Waals surface area (Å²) in [4.78, 5) is 0. The molecule has 0 bridgehead atoms. The van der Waals surface area contributed by atoms with Crippen molar-refractivity contribution < 1.29 is 0 Å². The molecule has 2 saturated carbocycles. The van der Waals surface area contributed by atoms with Crippen LogP contribution in [0.15, 0.2) is 5.03 Å². The molecule has 0 N–H and O–H groups in total. The standard InChI is InChI=1S/C14H11N3S/c1-18-14-12(10-6-2-3-7-10)13(15-17-16-14)11-8-4-5-9-11/h2-9H,1H3. The fourth-order valence-corrected chi connectivity index (χ4v) is 2.52. The summed E-state index contributed by atoms with van der Waals surface area (Å²) in [6, 6.07) is 0. The number of thioether (sulfide) groups is 1. The van der Waals surface area contributed by atoms with E-state index >= 15 is 0 Å². The number of hydrogen-bond acceptors (Lipinski definition) is 4. The summed E-state index contributed by atoms with van der Waals surface area (Å²) < 4.78 is 0. The van der Waals surface area contributed by atoms with Crippen molar-refractivity contribution in [3.63, 3.8) is 0 Å². The van der Waals surface area contributed by atoms with Crippen molar-refractivity contribution in [3.8, 4) is 0 Å². The van der Waals surface area contributed by atoms with E-state index in [1.165, 1.54) is 0 Å². The van der Waals surface area contributed by atoms with Gasteiger partial charge in [0.05, 0.1) is 5.69 Å². The van der Waals surface area contributed by atoms with Gasteiger partial charge in [-0.05, 0) is 62.8 Å². The van der Waals surface area contributed by atoms with Gasteiger partial charge in [-0.2, -0.15) is 0 Å². The Hall–Kier alpha value is -0.640. The van der Waals surface area contributed by atoms with Crippen LogP contribution in [-0.2, 0) is 0 Å². The van der Waals surface area contributed by atoms with Crippen LogP contribution < -0.4 is 0 Å². The molecule has 1 heterocycles. The van der Waals surface area contributed by atoms with Gasteiger partial charge in [-0.3, -0.25) is 0 Å². The molecule has 1 aromatic rings. The van der Waals surface area contributed by atoms with E-state index in [9.17, 15) is 0 Å². The van der Waals surface area contributed by atoms with Crippen LogP contribution in [0.5, 0.6) is 0 Å². The summed E-state index contributed by atoms with van der Waals surface area (Å²) in [6.07, 6.45) is 18.3. The van der Waals surface area contributed by atoms with Gasteiger partial charge in [0.15, 0.2) is 0 Å². The largest absolute Gasteiger partial charge is 0.134 e. The van der Waals surface area contributed by atoms with Crippen molar-refractivity contribution in [2.24, 2.45) is 0 Å². The lowest BCUT2D eigenvalue weighted by molar-refractivity contribution is 0.760. The highest BCUT2D eigenvalue weighted by molar-refractivity contribution is 7.98. The van der Waals surface area contributed by atoms with Gasteiger partial charge in [0.1, 0.15) is 5.03 Å². The van der Waals surface area contributed by atoms with E-state index in [2.05, 4.69) is 28.3 Å². The van der Waals surface area contributed by atoms with Crippen LogP contribution >= 0.6 is 11.8 Å². The van der Waals surface area contributed by atoms with Crippen LogP contribution in [0.4, 0.5) is 0 Å². The molecule has 3 rings (SSSR count). The first-order valence-electron chi connectivity index (χ1n) is 5.61. The third kappa shape index (κ3) is 2.27. The van der Waals surface area contributed by atoms with Crippen LogP contribution in [0.25, 0.3) is 0 Å². The quantitative estimate of drug-likeness (QED) is 0.773. The third-order valence-electron chi connectivity index (χ3n) is 2.81. The SMILES string of the molecule is CSc1nnnc([C]2[CH][CH][CH][CH]2)c1[C]1[CH][CH][CH][CH]1. The average molecular weight is 253 g/mol. The zero-order valence-electron chi connectivity index (χ0n) is 9.87. The second kappa shape index (κ2) is 5.55. The van der Waals surface area contributed by atoms with Gasteiger partial charge in [0.2, 0.25) is 0 Å². The van der Waals surface area contributed by atoms with Crippen molar-refractivity contribution in [2.45, 2.75) is 5.03 Å². The van der Waals surface area contributed by atoms with Gasteiger partial charge in [0, 0.05) is 17.4 Å². The highest BCUT2D eigenvalue weighted by Gasteiger charge is 2.31. The van der Waals surface area contributed by atoms with Gasteiger partial charge in [-0.1, -0.05) is 0 Å². The second-order valence-corrected chi connectivity index (χ2v) is 4.66. The van der Waals surface area contributed by atoms with Crippen LogP contribution in [0.2, 0.25) is 0 Å². The molecule has 0 spiro atoms. The summed E-state index contributed by atoms with van der Waals surface area (Å²) >= 11 is 1.59. The normalized spacial score (nSPS) is 21.8. The Morgan fingerprint density at radius 2 is 1.44 bits per heavy atom. The molecule has 10 radical (unpaired) electrons. The van der Waals surface area contributed by atoms with Gasteiger partial charge in [-0.25, -0.2) is 0 Å². The van der Waals surface area contributed by atoms with E-state index in [0.29, 0.717) is 0 Å². The van der Waals surface area contributed by atoms with E-state index < -0.39 is 0 Å². The second-order valence-electron chi connectivity index (χ2n) is 3.87. The summed E-state index contributed by atoms with van der Waals surface area (Å²) in [6.45, 7) is 0. The van der Waals surface area contributed by atoms with E-state index in [4.69, 9.17) is 0 Å². The van der Waals surface area contributed by atoms with Crippen molar-refractivity contribution in [3.05, 3.63) is 74.5 Å². The number of nitrogens with zero attached hydrogens (tertiary/aromatic N) is 3. The molecule has 1 aromatic heterocycles. The van der Waals surface area contributed by atoms with E-state index in [-0.39, 0.29) is 0 Å². The topological polar surface area (TPSA) is 38.7 Å². The molecule has 18 heavy (non-hydrogen) atoms. The molecule has 3 nitrogen and oxygen atoms in total. The highest BCUT2D eigenvalue weighted by atomic mass is 32.2. The molecule has 88 valence electrons. The lowest BCUT2D eigenvalue weighted by Gasteiger charge is -2.18. The molecule has 2 aliphatic carbocycles. The zero-order chi connectivity index (χ0) is 12.4. The smallest absolute Gasteiger partial charge is 0.126 e. The first-order chi connectivity index (χ1) is 8.90. The highest BCUT2D eigenvalue weighted by Crippen LogP contribution is 2.40. The van der Waals surface area contributed by atoms with Crippen LogP contribution in [0, 0.1) is 63.2 Å². The Morgan fingerprint density at radius 1 is 0.833 bits per heavy atom. The minimum absolute atomic E-state index is 0.894. The predicted molar refractivity (Wildman–Crippen MR) is 70.7 cm³/mol. The first kappa shape index (κ1) is 12.4. The van der Waals surface area contributed by atoms with Gasteiger partial charge >= 0.3 is 0 Å². The Bertz CT molecular complexity index is 410. The van der Waals surface area contributed by atoms with Gasteiger partial charge in [-0.15, -0.1) is 22.0 Å². The van der Waals surface area contributed by atoms with Crippen molar-refractivity contribution in [1.29, 1.82) is 0 Å². The summed E-state index contributed by atoms with van der Waals surface area (Å²) in [5.74, 6) is 2.22. The molecule has 0 unspecified atom stereocenters. The molecule has 0 aliphatic heterocycles. The van der Waals surface area contributed by atoms with E-state index in [1.54, 1.807) is 11.8 Å². The summed E-state index contributed by atoms with van der Waals surface area (Å²) in [5, 5.41) is 13.1. The van der Waals surface area contributed by atoms with Gasteiger partial charge in [0.25, 0.3) is 0 Å². The average Bonchev–Trinajstić information content (AvgIpc) is 3.10. The molecule has 4 heteroatoms. The molecular formula is C14H11N3S. The maximum atomic E-state index is 4.21. The summed E-state index contributed by atoms with van der Waals surface area (Å²) in [5.41, 5.74) is 1.96. The Balaban J connectivity index is 2.00. The predicted octanol–water partition coefficient (Wildman–Crippen LogP) is 2.10. The number of aromatic nitrogens is 3. The van der Waals surface area contributed by atoms with Crippen LogP contribution in [-0.4, -0.2) is 21.7 Å². The minimum atomic E-state index is 0.894. The summed E-state index contributed by atoms with van der Waals surface area (Å²) in [7, 11) is 0. The zero-order valence-corrected chi connectivity index (χ0v) is 10.7. The monoisotopic (exact) mass is 253 g/mol. The molecule has 0 atom stereocenters.